The van der Waals surface area contributed by atoms with Crippen LogP contribution in [0.15, 0.2) is 72.9 Å². The first-order valence-electron chi connectivity index (χ1n) is 11.0. The maximum absolute atomic E-state index is 2.51. The molecule has 3 aliphatic rings. The van der Waals surface area contributed by atoms with Gasteiger partial charge in [-0.15, -0.1) is 0 Å². The first kappa shape index (κ1) is 16.6. The van der Waals surface area contributed by atoms with Crippen molar-refractivity contribution in [1.82, 2.24) is 0 Å². The normalized spacial score (nSPS) is 18.3. The molecule has 2 heterocycles. The Morgan fingerprint density at radius 1 is 0.800 bits per heavy atom. The maximum Gasteiger partial charge on any atom is 0.194 e. The van der Waals surface area contributed by atoms with Gasteiger partial charge in [0, 0.05) is 31.5 Å². The smallest absolute Gasteiger partial charge is 0.192 e. The van der Waals surface area contributed by atoms with Crippen molar-refractivity contribution in [3.05, 3.63) is 112 Å². The van der Waals surface area contributed by atoms with Crippen molar-refractivity contribution in [1.29, 1.82) is 0 Å². The highest BCUT2D eigenvalue weighted by atomic mass is 15.1. The maximum atomic E-state index is 2.51. The van der Waals surface area contributed by atoms with Gasteiger partial charge < -0.3 is 0 Å². The van der Waals surface area contributed by atoms with Gasteiger partial charge in [0.25, 0.3) is 0 Å². The fraction of sp³-hybridized carbons (Fsp3) is 0.207. The van der Waals surface area contributed by atoms with Crippen LogP contribution >= 0.6 is 0 Å². The van der Waals surface area contributed by atoms with Crippen molar-refractivity contribution < 1.29 is 4.57 Å². The van der Waals surface area contributed by atoms with Crippen LogP contribution in [0.5, 0.6) is 0 Å². The standard InChI is InChI=1S/C29H24N/c1-17-11-12-21-23-15-19-14-18-8-4-5-9-20(18)22(19)16-24(23)26-25-10-6-7-13-30(25)29(2,3)28(17)27(21)26/h4-13,15-16,26H,14H2,1-3H3/q+1. The Morgan fingerprint density at radius 3 is 2.53 bits per heavy atom. The second-order valence-corrected chi connectivity index (χ2v) is 9.64. The van der Waals surface area contributed by atoms with E-state index in [1.807, 2.05) is 0 Å². The molecule has 0 saturated carbocycles. The Balaban J connectivity index is 1.59. The van der Waals surface area contributed by atoms with Crippen LogP contribution in [0.4, 0.5) is 0 Å². The summed E-state index contributed by atoms with van der Waals surface area (Å²) in [5.74, 6) is 0.317. The molecule has 1 aliphatic heterocycles. The van der Waals surface area contributed by atoms with Crippen molar-refractivity contribution in [2.45, 2.75) is 38.6 Å². The molecule has 2 aliphatic carbocycles. The molecule has 1 unspecified atom stereocenters. The van der Waals surface area contributed by atoms with E-state index in [0.29, 0.717) is 5.92 Å². The van der Waals surface area contributed by atoms with E-state index >= 15 is 0 Å². The van der Waals surface area contributed by atoms with E-state index in [-0.39, 0.29) is 5.54 Å². The van der Waals surface area contributed by atoms with Crippen LogP contribution in [0.2, 0.25) is 0 Å². The average molecular weight is 387 g/mol. The van der Waals surface area contributed by atoms with Crippen LogP contribution < -0.4 is 4.57 Å². The summed E-state index contributed by atoms with van der Waals surface area (Å²) in [4.78, 5) is 0. The zero-order valence-electron chi connectivity index (χ0n) is 17.7. The molecule has 0 radical (unpaired) electrons. The lowest BCUT2D eigenvalue weighted by Crippen LogP contribution is -2.59. The molecule has 1 atom stereocenters. The second-order valence-electron chi connectivity index (χ2n) is 9.64. The Hall–Kier alpha value is -3.19. The second kappa shape index (κ2) is 5.29. The first-order chi connectivity index (χ1) is 14.6. The van der Waals surface area contributed by atoms with E-state index in [1.54, 1.807) is 0 Å². The molecule has 1 heteroatoms. The number of benzene rings is 3. The first-order valence-corrected chi connectivity index (χ1v) is 11.0. The lowest BCUT2D eigenvalue weighted by atomic mass is 9.75. The quantitative estimate of drug-likeness (QED) is 0.277. The minimum Gasteiger partial charge on any atom is -0.192 e. The summed E-state index contributed by atoms with van der Waals surface area (Å²) in [7, 11) is 0. The van der Waals surface area contributed by atoms with Gasteiger partial charge >= 0.3 is 0 Å². The van der Waals surface area contributed by atoms with E-state index in [0.717, 1.165) is 6.42 Å². The number of hydrogen-bond acceptors (Lipinski definition) is 0. The van der Waals surface area contributed by atoms with E-state index in [2.05, 4.69) is 98.3 Å². The summed E-state index contributed by atoms with van der Waals surface area (Å²) in [6.07, 6.45) is 3.32. The van der Waals surface area contributed by atoms with Crippen LogP contribution in [0, 0.1) is 6.92 Å². The lowest BCUT2D eigenvalue weighted by molar-refractivity contribution is -0.756. The Morgan fingerprint density at radius 2 is 1.63 bits per heavy atom. The highest BCUT2D eigenvalue weighted by molar-refractivity contribution is 5.88. The molecule has 0 spiro atoms. The van der Waals surface area contributed by atoms with Crippen LogP contribution in [-0.2, 0) is 12.0 Å². The summed E-state index contributed by atoms with van der Waals surface area (Å²) in [5.41, 5.74) is 15.9. The summed E-state index contributed by atoms with van der Waals surface area (Å²) < 4.78 is 2.51. The third kappa shape index (κ3) is 1.82. The molecular formula is C29H24N+. The van der Waals surface area contributed by atoms with Crippen LogP contribution in [0.1, 0.15) is 58.8 Å². The molecule has 0 saturated heterocycles. The third-order valence-corrected chi connectivity index (χ3v) is 7.71. The largest absolute Gasteiger partial charge is 0.194 e. The summed E-state index contributed by atoms with van der Waals surface area (Å²) in [6.45, 7) is 7.02. The van der Waals surface area contributed by atoms with Crippen molar-refractivity contribution >= 4 is 0 Å². The number of hydrogen-bond donors (Lipinski definition) is 0. The number of pyridine rings is 1. The van der Waals surface area contributed by atoms with Gasteiger partial charge in [0.05, 0.1) is 5.92 Å². The van der Waals surface area contributed by atoms with E-state index in [9.17, 15) is 0 Å². The van der Waals surface area contributed by atoms with Gasteiger partial charge in [-0.1, -0.05) is 42.5 Å². The van der Waals surface area contributed by atoms with Gasteiger partial charge in [-0.2, -0.15) is 4.57 Å². The molecular weight excluding hydrogens is 362 g/mol. The molecule has 30 heavy (non-hydrogen) atoms. The molecule has 1 aromatic heterocycles. The summed E-state index contributed by atoms with van der Waals surface area (Å²) in [5, 5.41) is 0. The summed E-state index contributed by atoms with van der Waals surface area (Å²) in [6, 6.07) is 25.3. The van der Waals surface area contributed by atoms with Crippen LogP contribution in [0.25, 0.3) is 22.3 Å². The summed E-state index contributed by atoms with van der Waals surface area (Å²) >= 11 is 0. The number of aromatic nitrogens is 1. The third-order valence-electron chi connectivity index (χ3n) is 7.71. The van der Waals surface area contributed by atoms with Crippen molar-refractivity contribution in [3.63, 3.8) is 0 Å². The lowest BCUT2D eigenvalue weighted by Gasteiger charge is -2.33. The van der Waals surface area contributed by atoms with Crippen LogP contribution in [0.3, 0.4) is 0 Å². The van der Waals surface area contributed by atoms with Gasteiger partial charge in [-0.3, -0.25) is 0 Å². The molecule has 0 fully saturated rings. The molecule has 1 nitrogen and oxygen atoms in total. The zero-order chi connectivity index (χ0) is 20.2. The minimum absolute atomic E-state index is 0.0557. The van der Waals surface area contributed by atoms with Crippen LogP contribution in [-0.4, -0.2) is 0 Å². The molecule has 3 aromatic carbocycles. The molecule has 7 rings (SSSR count). The van der Waals surface area contributed by atoms with Gasteiger partial charge in [-0.25, -0.2) is 0 Å². The number of nitrogens with zero attached hydrogens (tertiary/aromatic N) is 1. The molecule has 0 amide bonds. The zero-order valence-corrected chi connectivity index (χ0v) is 17.7. The molecule has 0 bridgehead atoms. The average Bonchev–Trinajstić information content (AvgIpc) is 3.26. The predicted molar refractivity (Wildman–Crippen MR) is 121 cm³/mol. The van der Waals surface area contributed by atoms with Crippen molar-refractivity contribution in [3.8, 4) is 22.3 Å². The van der Waals surface area contributed by atoms with E-state index in [4.69, 9.17) is 0 Å². The highest BCUT2D eigenvalue weighted by Gasteiger charge is 2.50. The number of rotatable bonds is 0. The Labute approximate surface area is 177 Å². The molecule has 0 N–H and O–H groups in total. The van der Waals surface area contributed by atoms with E-state index in [1.165, 1.54) is 61.3 Å². The van der Waals surface area contributed by atoms with E-state index < -0.39 is 0 Å². The Bertz CT molecular complexity index is 1410. The fourth-order valence-electron chi connectivity index (χ4n) is 6.53. The SMILES string of the molecule is Cc1ccc2c3c1C(C)(C)[n+]1ccccc1C3c1cc3c(cc1-2)Cc1ccccc1-3. The van der Waals surface area contributed by atoms with Crippen molar-refractivity contribution in [2.24, 2.45) is 0 Å². The highest BCUT2D eigenvalue weighted by Crippen LogP contribution is 2.55. The monoisotopic (exact) mass is 386 g/mol. The number of aryl methyl sites for hydroxylation is 1. The predicted octanol–water partition coefficient (Wildman–Crippen LogP) is 6.11. The topological polar surface area (TPSA) is 3.88 Å². The fourth-order valence-corrected chi connectivity index (χ4v) is 6.53. The minimum atomic E-state index is -0.0557. The van der Waals surface area contributed by atoms with Gasteiger partial charge in [0.1, 0.15) is 0 Å². The Kier molecular flexibility index (Phi) is 2.92. The van der Waals surface area contributed by atoms with Crippen molar-refractivity contribution in [2.75, 3.05) is 0 Å². The molecule has 4 aromatic rings. The number of fused-ring (bicyclic) bond motifs is 8. The molecule has 144 valence electrons. The van der Waals surface area contributed by atoms with Gasteiger partial charge in [0.2, 0.25) is 0 Å². The van der Waals surface area contributed by atoms with Gasteiger partial charge in [0.15, 0.2) is 17.4 Å². The van der Waals surface area contributed by atoms with Gasteiger partial charge in [-0.05, 0) is 75.5 Å².